The first-order chi connectivity index (χ1) is 11.7. The number of anilines is 1. The second-order valence-electron chi connectivity index (χ2n) is 7.71. The van der Waals surface area contributed by atoms with Gasteiger partial charge in [0.1, 0.15) is 11.3 Å². The molecule has 1 N–H and O–H groups in total. The van der Waals surface area contributed by atoms with Crippen molar-refractivity contribution < 1.29 is 14.3 Å². The molecule has 0 unspecified atom stereocenters. The van der Waals surface area contributed by atoms with E-state index in [4.69, 9.17) is 4.74 Å². The highest BCUT2D eigenvalue weighted by atomic mass is 16.6. The lowest BCUT2D eigenvalue weighted by molar-refractivity contribution is 0.0214. The van der Waals surface area contributed by atoms with E-state index in [2.05, 4.69) is 15.2 Å². The Hall–Kier alpha value is -2.31. The van der Waals surface area contributed by atoms with Crippen molar-refractivity contribution in [1.29, 1.82) is 0 Å². The minimum atomic E-state index is -0.477. The molecule has 2 bridgehead atoms. The summed E-state index contributed by atoms with van der Waals surface area (Å²) in [5.41, 5.74) is 1.80. The molecular formula is C18H26N4O3. The third-order valence-electron chi connectivity index (χ3n) is 4.70. The van der Waals surface area contributed by atoms with E-state index in [1.165, 1.54) is 0 Å². The summed E-state index contributed by atoms with van der Waals surface area (Å²) >= 11 is 0. The van der Waals surface area contributed by atoms with Gasteiger partial charge >= 0.3 is 6.09 Å². The SMILES string of the molecule is CNC(=O)c1ccc(N2C[C@H]3C[C@@H]2CN3C(=O)OC(C)(C)C)c(C)n1. The minimum absolute atomic E-state index is 0.165. The Bertz CT molecular complexity index is 698. The highest BCUT2D eigenvalue weighted by Gasteiger charge is 2.46. The molecule has 2 amide bonds. The molecule has 3 heterocycles. The van der Waals surface area contributed by atoms with Crippen LogP contribution < -0.4 is 10.2 Å². The first kappa shape index (κ1) is 17.5. The van der Waals surface area contributed by atoms with Gasteiger partial charge < -0.3 is 19.9 Å². The molecule has 1 aromatic rings. The number of nitrogens with one attached hydrogen (secondary N) is 1. The van der Waals surface area contributed by atoms with Crippen LogP contribution in [0.4, 0.5) is 10.5 Å². The average molecular weight is 346 g/mol. The highest BCUT2D eigenvalue weighted by Crippen LogP contribution is 2.36. The Morgan fingerprint density at radius 3 is 2.48 bits per heavy atom. The predicted molar refractivity (Wildman–Crippen MR) is 94.8 cm³/mol. The number of carbonyl (C=O) groups excluding carboxylic acids is 2. The Kier molecular flexibility index (Phi) is 4.34. The fourth-order valence-electron chi connectivity index (χ4n) is 3.62. The molecule has 2 aliphatic rings. The number of fused-ring (bicyclic) bond motifs is 2. The van der Waals surface area contributed by atoms with Crippen molar-refractivity contribution in [2.45, 2.75) is 51.8 Å². The van der Waals surface area contributed by atoms with Gasteiger partial charge in [-0.05, 0) is 46.2 Å². The van der Waals surface area contributed by atoms with Gasteiger partial charge in [0.2, 0.25) is 0 Å². The smallest absolute Gasteiger partial charge is 0.410 e. The molecule has 1 aromatic heterocycles. The summed E-state index contributed by atoms with van der Waals surface area (Å²) in [6, 6.07) is 4.13. The van der Waals surface area contributed by atoms with E-state index in [-0.39, 0.29) is 24.1 Å². The maximum atomic E-state index is 12.3. The number of pyridine rings is 1. The normalized spacial score (nSPS) is 22.3. The van der Waals surface area contributed by atoms with Crippen LogP contribution in [0.25, 0.3) is 0 Å². The molecule has 0 saturated carbocycles. The van der Waals surface area contributed by atoms with Crippen LogP contribution in [0.2, 0.25) is 0 Å². The summed E-state index contributed by atoms with van der Waals surface area (Å²) in [4.78, 5) is 32.6. The van der Waals surface area contributed by atoms with Crippen LogP contribution in [0.15, 0.2) is 12.1 Å². The van der Waals surface area contributed by atoms with Crippen LogP contribution in [-0.2, 0) is 4.74 Å². The van der Waals surface area contributed by atoms with Gasteiger partial charge in [0, 0.05) is 26.2 Å². The summed E-state index contributed by atoms with van der Waals surface area (Å²) in [6.45, 7) is 9.00. The topological polar surface area (TPSA) is 74.8 Å². The van der Waals surface area contributed by atoms with E-state index in [9.17, 15) is 9.59 Å². The second kappa shape index (κ2) is 6.20. The molecule has 0 radical (unpaired) electrons. The van der Waals surface area contributed by atoms with E-state index in [0.29, 0.717) is 12.2 Å². The summed E-state index contributed by atoms with van der Waals surface area (Å²) in [7, 11) is 1.60. The van der Waals surface area contributed by atoms with Gasteiger partial charge in [0.15, 0.2) is 0 Å². The van der Waals surface area contributed by atoms with Crippen molar-refractivity contribution >= 4 is 17.7 Å². The molecule has 0 spiro atoms. The number of aromatic nitrogens is 1. The summed E-state index contributed by atoms with van der Waals surface area (Å²) < 4.78 is 5.51. The third kappa shape index (κ3) is 3.41. The maximum absolute atomic E-state index is 12.3. The number of hydrogen-bond donors (Lipinski definition) is 1. The van der Waals surface area contributed by atoms with Gasteiger partial charge in [0.05, 0.1) is 17.4 Å². The summed E-state index contributed by atoms with van der Waals surface area (Å²) in [6.07, 6.45) is 0.708. The molecule has 2 saturated heterocycles. The summed E-state index contributed by atoms with van der Waals surface area (Å²) in [5.74, 6) is -0.186. The largest absolute Gasteiger partial charge is 0.444 e. The van der Waals surface area contributed by atoms with Crippen LogP contribution in [-0.4, -0.2) is 59.7 Å². The number of carbonyl (C=O) groups is 2. The monoisotopic (exact) mass is 346 g/mol. The second-order valence-corrected chi connectivity index (χ2v) is 7.71. The zero-order chi connectivity index (χ0) is 18.4. The number of piperazine rings is 1. The molecule has 2 aliphatic heterocycles. The first-order valence-corrected chi connectivity index (χ1v) is 8.65. The van der Waals surface area contributed by atoms with Gasteiger partial charge in [-0.1, -0.05) is 0 Å². The lowest BCUT2D eigenvalue weighted by Gasteiger charge is -2.36. The number of amides is 2. The van der Waals surface area contributed by atoms with Crippen molar-refractivity contribution in [2.75, 3.05) is 25.0 Å². The molecule has 0 aromatic carbocycles. The molecule has 2 atom stereocenters. The van der Waals surface area contributed by atoms with Gasteiger partial charge in [-0.2, -0.15) is 0 Å². The summed E-state index contributed by atoms with van der Waals surface area (Å²) in [5, 5.41) is 2.59. The fraction of sp³-hybridized carbons (Fsp3) is 0.611. The molecule has 3 rings (SSSR count). The van der Waals surface area contributed by atoms with Crippen molar-refractivity contribution in [2.24, 2.45) is 0 Å². The molecule has 7 nitrogen and oxygen atoms in total. The molecule has 7 heteroatoms. The predicted octanol–water partition coefficient (Wildman–Crippen LogP) is 1.95. The number of likely N-dealkylation sites (tertiary alicyclic amines) is 1. The van der Waals surface area contributed by atoms with Gasteiger partial charge in [0.25, 0.3) is 5.91 Å². The van der Waals surface area contributed by atoms with Crippen molar-refractivity contribution in [1.82, 2.24) is 15.2 Å². The van der Waals surface area contributed by atoms with Gasteiger partial charge in [-0.3, -0.25) is 4.79 Å². The molecule has 25 heavy (non-hydrogen) atoms. The fourth-order valence-corrected chi connectivity index (χ4v) is 3.62. The highest BCUT2D eigenvalue weighted by molar-refractivity contribution is 5.92. The van der Waals surface area contributed by atoms with Gasteiger partial charge in [-0.15, -0.1) is 0 Å². The standard InChI is InChI=1S/C18H26N4O3/c1-11-15(7-6-14(20-11)16(23)19-5)21-9-13-8-12(21)10-22(13)17(24)25-18(2,3)4/h6-7,12-13H,8-10H2,1-5H3,(H,19,23)/t12-,13-/m1/s1. The van der Waals surface area contributed by atoms with E-state index >= 15 is 0 Å². The number of aryl methyl sites for hydroxylation is 1. The van der Waals surface area contributed by atoms with Gasteiger partial charge in [-0.25, -0.2) is 9.78 Å². The lowest BCUT2D eigenvalue weighted by atomic mass is 10.2. The number of ether oxygens (including phenoxy) is 1. The zero-order valence-corrected chi connectivity index (χ0v) is 15.5. The lowest BCUT2D eigenvalue weighted by Crippen LogP contribution is -2.50. The average Bonchev–Trinajstić information content (AvgIpc) is 3.12. The van der Waals surface area contributed by atoms with E-state index in [1.807, 2.05) is 38.7 Å². The Labute approximate surface area is 148 Å². The Balaban J connectivity index is 1.71. The van der Waals surface area contributed by atoms with Crippen molar-refractivity contribution in [3.05, 3.63) is 23.5 Å². The maximum Gasteiger partial charge on any atom is 0.410 e. The van der Waals surface area contributed by atoms with Crippen molar-refractivity contribution in [3.63, 3.8) is 0 Å². The quantitative estimate of drug-likeness (QED) is 0.886. The van der Waals surface area contributed by atoms with Crippen LogP contribution in [0.5, 0.6) is 0 Å². The minimum Gasteiger partial charge on any atom is -0.444 e. The van der Waals surface area contributed by atoms with Crippen LogP contribution >= 0.6 is 0 Å². The number of rotatable bonds is 2. The van der Waals surface area contributed by atoms with E-state index in [0.717, 1.165) is 24.3 Å². The molecule has 0 aliphatic carbocycles. The molecular weight excluding hydrogens is 320 g/mol. The first-order valence-electron chi connectivity index (χ1n) is 8.65. The van der Waals surface area contributed by atoms with Crippen LogP contribution in [0.3, 0.4) is 0 Å². The number of nitrogens with zero attached hydrogens (tertiary/aromatic N) is 3. The van der Waals surface area contributed by atoms with E-state index in [1.54, 1.807) is 13.1 Å². The third-order valence-corrected chi connectivity index (χ3v) is 4.70. The van der Waals surface area contributed by atoms with Crippen molar-refractivity contribution in [3.8, 4) is 0 Å². The zero-order valence-electron chi connectivity index (χ0n) is 15.5. The Morgan fingerprint density at radius 2 is 1.96 bits per heavy atom. The van der Waals surface area contributed by atoms with Crippen LogP contribution in [0, 0.1) is 6.92 Å². The number of hydrogen-bond acceptors (Lipinski definition) is 5. The van der Waals surface area contributed by atoms with Crippen LogP contribution in [0.1, 0.15) is 43.4 Å². The molecule has 136 valence electrons. The molecule has 2 fully saturated rings. The van der Waals surface area contributed by atoms with E-state index < -0.39 is 5.60 Å². The Morgan fingerprint density at radius 1 is 1.24 bits per heavy atom.